The number of nitrogens with one attached hydrogen (secondary N) is 1. The van der Waals surface area contributed by atoms with Gasteiger partial charge in [0.15, 0.2) is 0 Å². The largest absolute Gasteiger partial charge is 0.491 e. The van der Waals surface area contributed by atoms with Crippen molar-refractivity contribution < 1.29 is 9.53 Å². The standard InChI is InChI=1S/C16H19BrN2O2/c1-11(2)21-14-6-4-5-12(7-14)9-18-16(20)15-8-13(17)10-19(15)3/h4-8,10-11H,9H2,1-3H3,(H,18,20). The van der Waals surface area contributed by atoms with Gasteiger partial charge in [-0.15, -0.1) is 0 Å². The predicted octanol–water partition coefficient (Wildman–Crippen LogP) is 3.50. The third kappa shape index (κ3) is 4.36. The number of hydrogen-bond acceptors (Lipinski definition) is 2. The van der Waals surface area contributed by atoms with Crippen LogP contribution >= 0.6 is 15.9 Å². The molecule has 4 nitrogen and oxygen atoms in total. The van der Waals surface area contributed by atoms with Gasteiger partial charge in [0.2, 0.25) is 0 Å². The SMILES string of the molecule is CC(C)Oc1cccc(CNC(=O)c2cc(Br)cn2C)c1. The summed E-state index contributed by atoms with van der Waals surface area (Å²) in [4.78, 5) is 12.1. The van der Waals surface area contributed by atoms with Gasteiger partial charge in [0, 0.05) is 24.3 Å². The molecule has 0 bridgehead atoms. The van der Waals surface area contributed by atoms with Crippen molar-refractivity contribution in [3.8, 4) is 5.75 Å². The van der Waals surface area contributed by atoms with Crippen LogP contribution in [0.2, 0.25) is 0 Å². The molecular formula is C16H19BrN2O2. The van der Waals surface area contributed by atoms with Crippen molar-refractivity contribution in [2.75, 3.05) is 0 Å². The summed E-state index contributed by atoms with van der Waals surface area (Å²) in [6.45, 7) is 4.44. The van der Waals surface area contributed by atoms with E-state index in [-0.39, 0.29) is 12.0 Å². The van der Waals surface area contributed by atoms with Gasteiger partial charge >= 0.3 is 0 Å². The summed E-state index contributed by atoms with van der Waals surface area (Å²) in [7, 11) is 1.84. The van der Waals surface area contributed by atoms with Gasteiger partial charge in [0.1, 0.15) is 11.4 Å². The zero-order valence-corrected chi connectivity index (χ0v) is 14.0. The summed E-state index contributed by atoms with van der Waals surface area (Å²) in [5.41, 5.74) is 1.63. The van der Waals surface area contributed by atoms with Gasteiger partial charge in [-0.2, -0.15) is 0 Å². The van der Waals surface area contributed by atoms with Crippen molar-refractivity contribution in [3.05, 3.63) is 52.3 Å². The second-order valence-electron chi connectivity index (χ2n) is 5.15. The molecule has 0 saturated carbocycles. The predicted molar refractivity (Wildman–Crippen MR) is 86.5 cm³/mol. The van der Waals surface area contributed by atoms with Gasteiger partial charge < -0.3 is 14.6 Å². The van der Waals surface area contributed by atoms with Crippen LogP contribution < -0.4 is 10.1 Å². The lowest BCUT2D eigenvalue weighted by Gasteiger charge is -2.11. The van der Waals surface area contributed by atoms with Gasteiger partial charge in [0.05, 0.1) is 6.10 Å². The number of amides is 1. The van der Waals surface area contributed by atoms with Crippen LogP contribution in [-0.2, 0) is 13.6 Å². The Morgan fingerprint density at radius 1 is 1.38 bits per heavy atom. The van der Waals surface area contributed by atoms with Crippen molar-refractivity contribution in [2.24, 2.45) is 7.05 Å². The Balaban J connectivity index is 1.99. The van der Waals surface area contributed by atoms with Crippen molar-refractivity contribution in [1.82, 2.24) is 9.88 Å². The lowest BCUT2D eigenvalue weighted by atomic mass is 10.2. The molecule has 5 heteroatoms. The summed E-state index contributed by atoms with van der Waals surface area (Å²) in [5.74, 6) is 0.719. The van der Waals surface area contributed by atoms with Crippen LogP contribution in [0.5, 0.6) is 5.75 Å². The fourth-order valence-electron chi connectivity index (χ4n) is 2.02. The van der Waals surface area contributed by atoms with Crippen LogP contribution in [0.25, 0.3) is 0 Å². The number of aromatic nitrogens is 1. The van der Waals surface area contributed by atoms with E-state index in [1.54, 1.807) is 10.6 Å². The Kier molecular flexibility index (Phi) is 5.07. The van der Waals surface area contributed by atoms with Crippen LogP contribution in [0, 0.1) is 0 Å². The first-order chi connectivity index (χ1) is 9.95. The molecule has 1 aromatic carbocycles. The maximum absolute atomic E-state index is 12.1. The molecule has 0 aliphatic carbocycles. The molecule has 21 heavy (non-hydrogen) atoms. The van der Waals surface area contributed by atoms with E-state index in [0.717, 1.165) is 15.8 Å². The first kappa shape index (κ1) is 15.6. The van der Waals surface area contributed by atoms with Crippen LogP contribution in [0.3, 0.4) is 0 Å². The number of carbonyl (C=O) groups excluding carboxylic acids is 1. The van der Waals surface area contributed by atoms with Crippen molar-refractivity contribution >= 4 is 21.8 Å². The normalized spacial score (nSPS) is 10.7. The molecule has 112 valence electrons. The van der Waals surface area contributed by atoms with E-state index in [1.165, 1.54) is 0 Å². The fourth-order valence-corrected chi connectivity index (χ4v) is 2.55. The smallest absolute Gasteiger partial charge is 0.268 e. The van der Waals surface area contributed by atoms with Crippen molar-refractivity contribution in [3.63, 3.8) is 0 Å². The molecule has 0 atom stereocenters. The molecule has 2 aromatic rings. The van der Waals surface area contributed by atoms with E-state index in [4.69, 9.17) is 4.74 Å². The molecular weight excluding hydrogens is 332 g/mol. The molecule has 1 aromatic heterocycles. The molecule has 1 amide bonds. The summed E-state index contributed by atoms with van der Waals surface area (Å²) in [6, 6.07) is 9.56. The minimum Gasteiger partial charge on any atom is -0.491 e. The maximum Gasteiger partial charge on any atom is 0.268 e. The highest BCUT2D eigenvalue weighted by molar-refractivity contribution is 9.10. The average Bonchev–Trinajstić information content (AvgIpc) is 2.75. The summed E-state index contributed by atoms with van der Waals surface area (Å²) >= 11 is 3.36. The Bertz CT molecular complexity index is 635. The average molecular weight is 351 g/mol. The molecule has 0 radical (unpaired) electrons. The third-order valence-electron chi connectivity index (χ3n) is 2.93. The van der Waals surface area contributed by atoms with Gasteiger partial charge in [-0.25, -0.2) is 0 Å². The Hall–Kier alpha value is -1.75. The van der Waals surface area contributed by atoms with Gasteiger partial charge in [-0.05, 0) is 53.5 Å². The third-order valence-corrected chi connectivity index (χ3v) is 3.36. The number of halogens is 1. The zero-order valence-electron chi connectivity index (χ0n) is 12.4. The molecule has 0 aliphatic heterocycles. The molecule has 0 unspecified atom stereocenters. The summed E-state index contributed by atoms with van der Waals surface area (Å²) < 4.78 is 8.33. The lowest BCUT2D eigenvalue weighted by molar-refractivity contribution is 0.0942. The molecule has 0 fully saturated rings. The fraction of sp³-hybridized carbons (Fsp3) is 0.312. The highest BCUT2D eigenvalue weighted by Crippen LogP contribution is 2.16. The second kappa shape index (κ2) is 6.80. The second-order valence-corrected chi connectivity index (χ2v) is 6.07. The number of rotatable bonds is 5. The molecule has 0 saturated heterocycles. The zero-order chi connectivity index (χ0) is 15.4. The number of ether oxygens (including phenoxy) is 1. The number of hydrogen-bond donors (Lipinski definition) is 1. The van der Waals surface area contributed by atoms with E-state index >= 15 is 0 Å². The minimum absolute atomic E-state index is 0.0987. The van der Waals surface area contributed by atoms with Gasteiger partial charge in [0.25, 0.3) is 5.91 Å². The number of benzene rings is 1. The van der Waals surface area contributed by atoms with E-state index in [2.05, 4.69) is 21.2 Å². The summed E-state index contributed by atoms with van der Waals surface area (Å²) in [6.07, 6.45) is 1.99. The molecule has 0 aliphatic rings. The highest BCUT2D eigenvalue weighted by Gasteiger charge is 2.10. The quantitative estimate of drug-likeness (QED) is 0.896. The Labute approximate surface area is 133 Å². The Morgan fingerprint density at radius 2 is 2.14 bits per heavy atom. The number of nitrogens with zero attached hydrogens (tertiary/aromatic N) is 1. The lowest BCUT2D eigenvalue weighted by Crippen LogP contribution is -2.24. The van der Waals surface area contributed by atoms with Crippen LogP contribution in [-0.4, -0.2) is 16.6 Å². The molecule has 0 spiro atoms. The van der Waals surface area contributed by atoms with Crippen molar-refractivity contribution in [2.45, 2.75) is 26.5 Å². The van der Waals surface area contributed by atoms with E-state index in [1.807, 2.05) is 51.4 Å². The van der Waals surface area contributed by atoms with Crippen LogP contribution in [0.1, 0.15) is 29.9 Å². The first-order valence-electron chi connectivity index (χ1n) is 6.81. The number of carbonyl (C=O) groups is 1. The highest BCUT2D eigenvalue weighted by atomic mass is 79.9. The Morgan fingerprint density at radius 3 is 2.76 bits per heavy atom. The van der Waals surface area contributed by atoms with Crippen LogP contribution in [0.15, 0.2) is 41.0 Å². The van der Waals surface area contributed by atoms with Crippen molar-refractivity contribution in [1.29, 1.82) is 0 Å². The topological polar surface area (TPSA) is 43.3 Å². The van der Waals surface area contributed by atoms with E-state index < -0.39 is 0 Å². The molecule has 2 rings (SSSR count). The molecule has 1 heterocycles. The van der Waals surface area contributed by atoms with Crippen LogP contribution in [0.4, 0.5) is 0 Å². The van der Waals surface area contributed by atoms with Gasteiger partial charge in [-0.3, -0.25) is 4.79 Å². The summed E-state index contributed by atoms with van der Waals surface area (Å²) in [5, 5.41) is 2.91. The molecule has 1 N–H and O–H groups in total. The minimum atomic E-state index is -0.0987. The first-order valence-corrected chi connectivity index (χ1v) is 7.60. The monoisotopic (exact) mass is 350 g/mol. The van der Waals surface area contributed by atoms with Gasteiger partial charge in [-0.1, -0.05) is 12.1 Å². The van der Waals surface area contributed by atoms with E-state index in [9.17, 15) is 4.79 Å². The maximum atomic E-state index is 12.1. The van der Waals surface area contributed by atoms with E-state index in [0.29, 0.717) is 12.2 Å². The number of aryl methyl sites for hydroxylation is 1.